The Labute approximate surface area is 168 Å². The fraction of sp³-hybridized carbons (Fsp3) is 0.765. The lowest BCUT2D eigenvalue weighted by Gasteiger charge is -2.37. The van der Waals surface area contributed by atoms with E-state index >= 15 is 0 Å². The van der Waals surface area contributed by atoms with Crippen molar-refractivity contribution in [3.8, 4) is 0 Å². The van der Waals surface area contributed by atoms with Gasteiger partial charge in [0.15, 0.2) is 11.7 Å². The summed E-state index contributed by atoms with van der Waals surface area (Å²) in [5.41, 5.74) is 0.977. The summed E-state index contributed by atoms with van der Waals surface area (Å²) in [4.78, 5) is 9.39. The third-order valence-electron chi connectivity index (χ3n) is 4.39. The molecule has 1 saturated heterocycles. The largest absolute Gasteiger partial charge is 0.359 e. The van der Waals surface area contributed by atoms with Gasteiger partial charge in [-0.2, -0.15) is 0 Å². The molecule has 1 aliphatic heterocycles. The molecule has 2 N–H and O–H groups in total. The number of halogens is 1. The van der Waals surface area contributed by atoms with E-state index in [1.807, 2.05) is 6.07 Å². The zero-order valence-corrected chi connectivity index (χ0v) is 18.4. The first-order valence-corrected chi connectivity index (χ1v) is 8.86. The Bertz CT molecular complexity index is 533. The quantitative estimate of drug-likeness (QED) is 0.380. The molecule has 25 heavy (non-hydrogen) atoms. The van der Waals surface area contributed by atoms with Crippen LogP contribution in [0.1, 0.15) is 38.1 Å². The number of hydrogen-bond acceptors (Lipinski definition) is 5. The van der Waals surface area contributed by atoms with Crippen LogP contribution in [-0.2, 0) is 6.54 Å². The molecular formula is C17H33IN6O. The van der Waals surface area contributed by atoms with E-state index < -0.39 is 0 Å². The van der Waals surface area contributed by atoms with Crippen molar-refractivity contribution < 1.29 is 4.52 Å². The van der Waals surface area contributed by atoms with Crippen molar-refractivity contribution in [2.75, 3.05) is 46.8 Å². The molecule has 1 aliphatic rings. The molecule has 0 amide bonds. The van der Waals surface area contributed by atoms with Gasteiger partial charge in [-0.15, -0.1) is 24.0 Å². The molecule has 0 aliphatic carbocycles. The summed E-state index contributed by atoms with van der Waals surface area (Å²) in [6, 6.07) is 2.48. The first-order chi connectivity index (χ1) is 11.5. The molecular weight excluding hydrogens is 431 g/mol. The molecule has 2 rings (SSSR count). The van der Waals surface area contributed by atoms with Crippen LogP contribution >= 0.6 is 24.0 Å². The molecule has 1 atom stereocenters. The van der Waals surface area contributed by atoms with E-state index in [0.29, 0.717) is 18.5 Å². The van der Waals surface area contributed by atoms with Crippen LogP contribution in [0.4, 0.5) is 0 Å². The van der Waals surface area contributed by atoms with Gasteiger partial charge in [0.2, 0.25) is 0 Å². The number of rotatable bonds is 6. The summed E-state index contributed by atoms with van der Waals surface area (Å²) in [6.07, 6.45) is 0. The average molecular weight is 464 g/mol. The first-order valence-electron chi connectivity index (χ1n) is 8.86. The predicted octanol–water partition coefficient (Wildman–Crippen LogP) is 1.72. The predicted molar refractivity (Wildman–Crippen MR) is 113 cm³/mol. The van der Waals surface area contributed by atoms with Gasteiger partial charge in [-0.25, -0.2) is 4.99 Å². The van der Waals surface area contributed by atoms with Crippen LogP contribution in [0.25, 0.3) is 0 Å². The molecule has 0 spiro atoms. The van der Waals surface area contributed by atoms with Gasteiger partial charge >= 0.3 is 0 Å². The third-order valence-corrected chi connectivity index (χ3v) is 4.39. The number of guanidine groups is 1. The highest BCUT2D eigenvalue weighted by molar-refractivity contribution is 14.0. The number of piperazine rings is 1. The maximum atomic E-state index is 5.35. The minimum atomic E-state index is 0. The highest BCUT2D eigenvalue weighted by atomic mass is 127. The second-order valence-electron chi connectivity index (χ2n) is 6.85. The van der Waals surface area contributed by atoms with Crippen molar-refractivity contribution in [1.29, 1.82) is 0 Å². The monoisotopic (exact) mass is 464 g/mol. The van der Waals surface area contributed by atoms with Gasteiger partial charge in [0.05, 0.1) is 5.69 Å². The SMILES string of the molecule is CCNC(=NCc1cc(C(C)C)no1)NCC1CN(C)CCN1C.I. The van der Waals surface area contributed by atoms with Gasteiger partial charge in [0.25, 0.3) is 0 Å². The molecule has 144 valence electrons. The lowest BCUT2D eigenvalue weighted by atomic mass is 10.1. The van der Waals surface area contributed by atoms with E-state index in [4.69, 9.17) is 4.52 Å². The summed E-state index contributed by atoms with van der Waals surface area (Å²) < 4.78 is 5.35. The summed E-state index contributed by atoms with van der Waals surface area (Å²) >= 11 is 0. The van der Waals surface area contributed by atoms with Crippen molar-refractivity contribution >= 4 is 29.9 Å². The van der Waals surface area contributed by atoms with Gasteiger partial charge in [-0.3, -0.25) is 4.90 Å². The average Bonchev–Trinajstić information content (AvgIpc) is 3.02. The second kappa shape index (κ2) is 11.0. The van der Waals surface area contributed by atoms with E-state index in [2.05, 4.69) is 65.4 Å². The molecule has 0 radical (unpaired) electrons. The van der Waals surface area contributed by atoms with Gasteiger partial charge in [0, 0.05) is 44.8 Å². The summed E-state index contributed by atoms with van der Waals surface area (Å²) in [5, 5.41) is 10.8. The zero-order chi connectivity index (χ0) is 17.5. The van der Waals surface area contributed by atoms with Crippen LogP contribution in [0, 0.1) is 0 Å². The summed E-state index contributed by atoms with van der Waals surface area (Å²) in [6.45, 7) is 11.8. The lowest BCUT2D eigenvalue weighted by Crippen LogP contribution is -2.55. The molecule has 1 fully saturated rings. The molecule has 8 heteroatoms. The molecule has 0 aromatic carbocycles. The number of nitrogens with one attached hydrogen (secondary N) is 2. The minimum Gasteiger partial charge on any atom is -0.359 e. The van der Waals surface area contributed by atoms with Crippen LogP contribution in [0.3, 0.4) is 0 Å². The Balaban J connectivity index is 0.00000312. The van der Waals surface area contributed by atoms with Crippen LogP contribution in [0.5, 0.6) is 0 Å². The Morgan fingerprint density at radius 2 is 2.12 bits per heavy atom. The molecule has 0 saturated carbocycles. The van der Waals surface area contributed by atoms with E-state index in [9.17, 15) is 0 Å². The normalized spacial score (nSPS) is 19.8. The molecule has 0 bridgehead atoms. The standard InChI is InChI=1S/C17H32N6O.HI/c1-6-18-17(19-10-14-12-22(4)7-8-23(14)5)20-11-15-9-16(13(2)3)21-24-15;/h9,13-14H,6-8,10-12H2,1-5H3,(H2,18,19,20);1H. The summed E-state index contributed by atoms with van der Waals surface area (Å²) in [7, 11) is 4.36. The van der Waals surface area contributed by atoms with Crippen LogP contribution < -0.4 is 10.6 Å². The van der Waals surface area contributed by atoms with Crippen LogP contribution in [0.15, 0.2) is 15.6 Å². The smallest absolute Gasteiger partial charge is 0.191 e. The topological polar surface area (TPSA) is 68.9 Å². The van der Waals surface area contributed by atoms with E-state index in [1.54, 1.807) is 0 Å². The van der Waals surface area contributed by atoms with Crippen molar-refractivity contribution in [1.82, 2.24) is 25.6 Å². The molecule has 1 aromatic heterocycles. The maximum Gasteiger partial charge on any atom is 0.191 e. The van der Waals surface area contributed by atoms with Gasteiger partial charge < -0.3 is 20.1 Å². The van der Waals surface area contributed by atoms with Crippen molar-refractivity contribution in [2.45, 2.75) is 39.3 Å². The van der Waals surface area contributed by atoms with E-state index in [-0.39, 0.29) is 24.0 Å². The van der Waals surface area contributed by atoms with Gasteiger partial charge in [-0.05, 0) is 26.9 Å². The molecule has 7 nitrogen and oxygen atoms in total. The van der Waals surface area contributed by atoms with Crippen LogP contribution in [0.2, 0.25) is 0 Å². The van der Waals surface area contributed by atoms with Crippen molar-refractivity contribution in [3.05, 3.63) is 17.5 Å². The number of hydrogen-bond donors (Lipinski definition) is 2. The molecule has 1 aromatic rings. The fourth-order valence-electron chi connectivity index (χ4n) is 2.71. The summed E-state index contributed by atoms with van der Waals surface area (Å²) in [5.74, 6) is 1.99. The van der Waals surface area contributed by atoms with Crippen molar-refractivity contribution in [3.63, 3.8) is 0 Å². The maximum absolute atomic E-state index is 5.35. The third kappa shape index (κ3) is 7.10. The Morgan fingerprint density at radius 3 is 2.76 bits per heavy atom. The number of nitrogens with zero attached hydrogens (tertiary/aromatic N) is 4. The minimum absolute atomic E-state index is 0. The Morgan fingerprint density at radius 1 is 1.36 bits per heavy atom. The van der Waals surface area contributed by atoms with Crippen molar-refractivity contribution in [2.24, 2.45) is 4.99 Å². The fourth-order valence-corrected chi connectivity index (χ4v) is 2.71. The van der Waals surface area contributed by atoms with Gasteiger partial charge in [-0.1, -0.05) is 19.0 Å². The number of aliphatic imine (C=N–C) groups is 1. The van der Waals surface area contributed by atoms with Crippen LogP contribution in [-0.4, -0.2) is 73.8 Å². The Kier molecular flexibility index (Phi) is 9.73. The number of likely N-dealkylation sites (N-methyl/N-ethyl adjacent to an activating group) is 2. The van der Waals surface area contributed by atoms with Gasteiger partial charge in [0.1, 0.15) is 6.54 Å². The first kappa shape index (κ1) is 22.2. The Hall–Kier alpha value is -0.870. The molecule has 1 unspecified atom stereocenters. The molecule has 2 heterocycles. The highest BCUT2D eigenvalue weighted by Crippen LogP contribution is 2.14. The highest BCUT2D eigenvalue weighted by Gasteiger charge is 2.22. The number of aromatic nitrogens is 1. The zero-order valence-electron chi connectivity index (χ0n) is 16.1. The van der Waals surface area contributed by atoms with E-state index in [1.165, 1.54) is 0 Å². The lowest BCUT2D eigenvalue weighted by molar-refractivity contribution is 0.116. The van der Waals surface area contributed by atoms with E-state index in [0.717, 1.165) is 50.1 Å². The second-order valence-corrected chi connectivity index (χ2v) is 6.85.